The SMILES string of the molecule is CC[C@@H]1CC=C(C(=O)OC)N(C(=O)OC)[C@@H]1CO[Si](c1ccccc1)(c1ccccc1)C(C)(C)C. The van der Waals surface area contributed by atoms with Crippen LogP contribution in [-0.2, 0) is 18.7 Å². The molecule has 1 heterocycles. The predicted octanol–water partition coefficient (Wildman–Crippen LogP) is 4.49. The first kappa shape index (κ1) is 26.7. The first-order valence-corrected chi connectivity index (χ1v) is 14.0. The Labute approximate surface area is 210 Å². The summed E-state index contributed by atoms with van der Waals surface area (Å²) in [6, 6.07) is 20.4. The van der Waals surface area contributed by atoms with E-state index in [0.29, 0.717) is 6.42 Å². The van der Waals surface area contributed by atoms with Gasteiger partial charge in [-0.1, -0.05) is 101 Å². The molecule has 0 radical (unpaired) electrons. The van der Waals surface area contributed by atoms with Crippen LogP contribution in [-0.4, -0.2) is 52.1 Å². The second-order valence-corrected chi connectivity index (χ2v) is 14.2. The van der Waals surface area contributed by atoms with Crippen molar-refractivity contribution in [2.24, 2.45) is 5.92 Å². The Kier molecular flexibility index (Phi) is 8.56. The molecule has 3 rings (SSSR count). The minimum Gasteiger partial charge on any atom is -0.464 e. The van der Waals surface area contributed by atoms with Crippen molar-refractivity contribution >= 4 is 30.8 Å². The van der Waals surface area contributed by atoms with Gasteiger partial charge in [0.05, 0.1) is 26.9 Å². The van der Waals surface area contributed by atoms with Gasteiger partial charge in [-0.05, 0) is 27.8 Å². The molecule has 0 saturated heterocycles. The van der Waals surface area contributed by atoms with E-state index in [1.54, 1.807) is 6.08 Å². The summed E-state index contributed by atoms with van der Waals surface area (Å²) in [5.41, 5.74) is 0.208. The highest BCUT2D eigenvalue weighted by Gasteiger charge is 2.51. The summed E-state index contributed by atoms with van der Waals surface area (Å²) in [6.07, 6.45) is 2.67. The molecule has 6 nitrogen and oxygen atoms in total. The molecule has 0 N–H and O–H groups in total. The van der Waals surface area contributed by atoms with Crippen molar-refractivity contribution in [2.45, 2.75) is 51.6 Å². The average Bonchev–Trinajstić information content (AvgIpc) is 2.88. The Morgan fingerprint density at radius 1 is 0.943 bits per heavy atom. The van der Waals surface area contributed by atoms with Gasteiger partial charge in [0.1, 0.15) is 5.70 Å². The van der Waals surface area contributed by atoms with Crippen molar-refractivity contribution in [3.8, 4) is 0 Å². The number of benzene rings is 2. The highest BCUT2D eigenvalue weighted by molar-refractivity contribution is 6.99. The summed E-state index contributed by atoms with van der Waals surface area (Å²) in [5.74, 6) is -0.443. The van der Waals surface area contributed by atoms with E-state index in [1.807, 2.05) is 36.4 Å². The summed E-state index contributed by atoms with van der Waals surface area (Å²) in [5, 5.41) is 2.12. The average molecular weight is 496 g/mol. The normalized spacial score (nSPS) is 18.6. The van der Waals surface area contributed by atoms with E-state index in [-0.39, 0.29) is 29.3 Å². The second-order valence-electron chi connectivity index (χ2n) is 9.87. The van der Waals surface area contributed by atoms with Gasteiger partial charge in [-0.3, -0.25) is 4.90 Å². The summed E-state index contributed by atoms with van der Waals surface area (Å²) < 4.78 is 17.2. The molecule has 0 spiro atoms. The van der Waals surface area contributed by atoms with E-state index in [1.165, 1.54) is 19.1 Å². The summed E-state index contributed by atoms with van der Waals surface area (Å²) >= 11 is 0. The third-order valence-corrected chi connectivity index (χ3v) is 11.9. The molecule has 188 valence electrons. The van der Waals surface area contributed by atoms with Crippen molar-refractivity contribution in [3.05, 3.63) is 72.4 Å². The summed E-state index contributed by atoms with van der Waals surface area (Å²) in [4.78, 5) is 26.9. The van der Waals surface area contributed by atoms with Crippen LogP contribution in [0.2, 0.25) is 5.04 Å². The number of hydrogen-bond acceptors (Lipinski definition) is 5. The molecule has 0 saturated carbocycles. The number of amides is 1. The maximum atomic E-state index is 12.9. The van der Waals surface area contributed by atoms with Crippen molar-refractivity contribution in [3.63, 3.8) is 0 Å². The molecule has 0 bridgehead atoms. The molecule has 0 fully saturated rings. The van der Waals surface area contributed by atoms with Crippen LogP contribution in [0.25, 0.3) is 0 Å². The molecule has 1 aliphatic heterocycles. The van der Waals surface area contributed by atoms with Gasteiger partial charge in [0, 0.05) is 0 Å². The number of carbonyl (C=O) groups excluding carboxylic acids is 2. The number of methoxy groups -OCH3 is 2. The van der Waals surface area contributed by atoms with Crippen LogP contribution in [0.15, 0.2) is 72.4 Å². The topological polar surface area (TPSA) is 65.1 Å². The van der Waals surface area contributed by atoms with E-state index in [4.69, 9.17) is 13.9 Å². The van der Waals surface area contributed by atoms with Gasteiger partial charge in [0.25, 0.3) is 8.32 Å². The molecule has 0 unspecified atom stereocenters. The van der Waals surface area contributed by atoms with E-state index in [2.05, 4.69) is 52.0 Å². The molecule has 0 aliphatic carbocycles. The third kappa shape index (κ3) is 5.21. The Hall–Kier alpha value is -2.90. The van der Waals surface area contributed by atoms with E-state index < -0.39 is 20.4 Å². The van der Waals surface area contributed by atoms with Crippen LogP contribution in [0.5, 0.6) is 0 Å². The molecule has 2 aromatic rings. The van der Waals surface area contributed by atoms with Crippen LogP contribution in [0.3, 0.4) is 0 Å². The fraction of sp³-hybridized carbons (Fsp3) is 0.429. The van der Waals surface area contributed by atoms with Crippen molar-refractivity contribution in [2.75, 3.05) is 20.8 Å². The van der Waals surface area contributed by atoms with Crippen LogP contribution in [0.1, 0.15) is 40.5 Å². The quantitative estimate of drug-likeness (QED) is 0.418. The number of hydrogen-bond donors (Lipinski definition) is 0. The van der Waals surface area contributed by atoms with Crippen molar-refractivity contribution < 1.29 is 23.5 Å². The van der Waals surface area contributed by atoms with Gasteiger partial charge in [0.15, 0.2) is 0 Å². The summed E-state index contributed by atoms with van der Waals surface area (Å²) in [7, 11) is -0.178. The van der Waals surface area contributed by atoms with Gasteiger partial charge in [0.2, 0.25) is 0 Å². The molecule has 1 aliphatic rings. The molecule has 35 heavy (non-hydrogen) atoms. The van der Waals surface area contributed by atoms with Crippen LogP contribution in [0.4, 0.5) is 4.79 Å². The second kappa shape index (κ2) is 11.2. The minimum absolute atomic E-state index is 0.112. The molecular weight excluding hydrogens is 458 g/mol. The standard InChI is InChI=1S/C28H37NO5Si/c1-7-21-18-19-24(26(30)32-5)29(27(31)33-6)25(21)20-34-35(28(2,3)4,22-14-10-8-11-15-22)23-16-12-9-13-17-23/h8-17,19,21,25H,7,18,20H2,1-6H3/t21-,25-/m1/s1. The van der Waals surface area contributed by atoms with E-state index in [0.717, 1.165) is 16.8 Å². The number of carbonyl (C=O) groups is 2. The van der Waals surface area contributed by atoms with Crippen LogP contribution in [0, 0.1) is 5.92 Å². The maximum absolute atomic E-state index is 12.9. The lowest BCUT2D eigenvalue weighted by Gasteiger charge is -2.46. The fourth-order valence-corrected chi connectivity index (χ4v) is 9.72. The van der Waals surface area contributed by atoms with Crippen LogP contribution < -0.4 is 10.4 Å². The Morgan fingerprint density at radius 3 is 1.91 bits per heavy atom. The predicted molar refractivity (Wildman–Crippen MR) is 140 cm³/mol. The highest BCUT2D eigenvalue weighted by atomic mass is 28.4. The molecule has 0 aromatic heterocycles. The van der Waals surface area contributed by atoms with Crippen molar-refractivity contribution in [1.29, 1.82) is 0 Å². The van der Waals surface area contributed by atoms with E-state index in [9.17, 15) is 9.59 Å². The lowest BCUT2D eigenvalue weighted by atomic mass is 9.88. The minimum atomic E-state index is -2.82. The summed E-state index contributed by atoms with van der Waals surface area (Å²) in [6.45, 7) is 9.02. The lowest BCUT2D eigenvalue weighted by molar-refractivity contribution is -0.138. The Balaban J connectivity index is 2.12. The zero-order chi connectivity index (χ0) is 25.6. The Bertz CT molecular complexity index is 993. The molecule has 7 heteroatoms. The van der Waals surface area contributed by atoms with Gasteiger partial charge in [-0.15, -0.1) is 0 Å². The van der Waals surface area contributed by atoms with Gasteiger partial charge in [-0.25, -0.2) is 9.59 Å². The van der Waals surface area contributed by atoms with Crippen LogP contribution >= 0.6 is 0 Å². The number of esters is 1. The molecule has 1 amide bonds. The lowest BCUT2D eigenvalue weighted by Crippen LogP contribution is -2.67. The van der Waals surface area contributed by atoms with Gasteiger partial charge < -0.3 is 13.9 Å². The first-order valence-electron chi connectivity index (χ1n) is 12.1. The highest BCUT2D eigenvalue weighted by Crippen LogP contribution is 2.38. The van der Waals surface area contributed by atoms with Crippen molar-refractivity contribution in [1.82, 2.24) is 4.90 Å². The van der Waals surface area contributed by atoms with E-state index >= 15 is 0 Å². The fourth-order valence-electron chi connectivity index (χ4n) is 5.15. The molecule has 2 atom stereocenters. The number of allylic oxidation sites excluding steroid dienone is 1. The maximum Gasteiger partial charge on any atom is 0.414 e. The third-order valence-electron chi connectivity index (χ3n) is 6.93. The zero-order valence-electron chi connectivity index (χ0n) is 21.6. The number of nitrogens with zero attached hydrogens (tertiary/aromatic N) is 1. The molecular formula is C28H37NO5Si. The first-order chi connectivity index (χ1) is 16.7. The van der Waals surface area contributed by atoms with Gasteiger partial charge in [-0.2, -0.15) is 0 Å². The smallest absolute Gasteiger partial charge is 0.414 e. The number of ether oxygens (including phenoxy) is 2. The number of rotatable bonds is 7. The molecule has 2 aromatic carbocycles. The zero-order valence-corrected chi connectivity index (χ0v) is 22.6. The monoisotopic (exact) mass is 495 g/mol. The largest absolute Gasteiger partial charge is 0.464 e. The Morgan fingerprint density at radius 2 is 1.49 bits per heavy atom. The van der Waals surface area contributed by atoms with Gasteiger partial charge >= 0.3 is 12.1 Å².